The maximum atomic E-state index is 8.99. The highest BCUT2D eigenvalue weighted by Crippen LogP contribution is 2.17. The highest BCUT2D eigenvalue weighted by Gasteiger charge is 2.07. The second kappa shape index (κ2) is 6.96. The lowest BCUT2D eigenvalue weighted by molar-refractivity contribution is 0.251. The Balaban J connectivity index is 1.69. The number of aromatic nitrogens is 4. The van der Waals surface area contributed by atoms with Crippen molar-refractivity contribution in [2.45, 2.75) is 32.9 Å². The van der Waals surface area contributed by atoms with Crippen LogP contribution in [0.2, 0.25) is 0 Å². The highest BCUT2D eigenvalue weighted by atomic mass is 16.5. The van der Waals surface area contributed by atoms with Crippen molar-refractivity contribution in [2.24, 2.45) is 0 Å². The molecule has 0 aliphatic heterocycles. The lowest BCUT2D eigenvalue weighted by Crippen LogP contribution is -2.12. The van der Waals surface area contributed by atoms with Gasteiger partial charge in [0.25, 0.3) is 0 Å². The molecule has 2 heterocycles. The number of ether oxygens (including phenoxy) is 1. The van der Waals surface area contributed by atoms with Gasteiger partial charge in [0, 0.05) is 6.54 Å². The molecule has 0 bridgehead atoms. The van der Waals surface area contributed by atoms with Gasteiger partial charge in [-0.25, -0.2) is 0 Å². The molecule has 1 aromatic carbocycles. The Morgan fingerprint density at radius 1 is 1.29 bits per heavy atom. The fourth-order valence-electron chi connectivity index (χ4n) is 2.28. The van der Waals surface area contributed by atoms with Crippen LogP contribution < -0.4 is 10.1 Å². The summed E-state index contributed by atoms with van der Waals surface area (Å²) in [5, 5.41) is 24.7. The largest absolute Gasteiger partial charge is 0.476 e. The standard InChI is InChI=1S/C17H18N6O/c1-3-14(10-18)24-15-6-4-5-13(9-15)11-19-16-7-8-17-21-20-12(2)23(17)22-16/h4-9,14H,3,11H2,1-2H3,(H,19,22). The van der Waals surface area contributed by atoms with Gasteiger partial charge in [-0.2, -0.15) is 9.78 Å². The minimum Gasteiger partial charge on any atom is -0.476 e. The summed E-state index contributed by atoms with van der Waals surface area (Å²) in [6.07, 6.45) is 0.232. The van der Waals surface area contributed by atoms with Gasteiger partial charge in [-0.1, -0.05) is 19.1 Å². The molecule has 0 saturated carbocycles. The molecule has 122 valence electrons. The first-order chi connectivity index (χ1) is 11.7. The van der Waals surface area contributed by atoms with Crippen molar-refractivity contribution in [3.8, 4) is 11.8 Å². The summed E-state index contributed by atoms with van der Waals surface area (Å²) in [6.45, 7) is 4.38. The first kappa shape index (κ1) is 15.7. The van der Waals surface area contributed by atoms with Gasteiger partial charge in [0.2, 0.25) is 0 Å². The second-order valence-corrected chi connectivity index (χ2v) is 5.38. The Kier molecular flexibility index (Phi) is 4.57. The molecule has 0 spiro atoms. The van der Waals surface area contributed by atoms with Gasteiger partial charge in [0.05, 0.1) is 0 Å². The Bertz CT molecular complexity index is 882. The van der Waals surface area contributed by atoms with Gasteiger partial charge in [0.15, 0.2) is 17.6 Å². The molecule has 3 rings (SSSR count). The van der Waals surface area contributed by atoms with E-state index in [1.807, 2.05) is 50.2 Å². The Hall–Kier alpha value is -3.14. The fourth-order valence-corrected chi connectivity index (χ4v) is 2.28. The quantitative estimate of drug-likeness (QED) is 0.750. The van der Waals surface area contributed by atoms with Crippen LogP contribution in [0.3, 0.4) is 0 Å². The van der Waals surface area contributed by atoms with Crippen molar-refractivity contribution < 1.29 is 4.74 Å². The number of benzene rings is 1. The summed E-state index contributed by atoms with van der Waals surface area (Å²) in [7, 11) is 0. The molecule has 0 aliphatic rings. The number of aryl methyl sites for hydroxylation is 1. The molecule has 3 aromatic rings. The maximum absolute atomic E-state index is 8.99. The minimum absolute atomic E-state index is 0.422. The molecule has 2 aromatic heterocycles. The molecule has 0 radical (unpaired) electrons. The highest BCUT2D eigenvalue weighted by molar-refractivity contribution is 5.44. The summed E-state index contributed by atoms with van der Waals surface area (Å²) < 4.78 is 7.34. The van der Waals surface area contributed by atoms with Gasteiger partial charge in [-0.15, -0.1) is 15.3 Å². The van der Waals surface area contributed by atoms with Crippen LogP contribution in [0.1, 0.15) is 24.7 Å². The molecule has 1 unspecified atom stereocenters. The summed E-state index contributed by atoms with van der Waals surface area (Å²) in [6, 6.07) is 13.6. The monoisotopic (exact) mass is 322 g/mol. The molecule has 1 atom stereocenters. The van der Waals surface area contributed by atoms with Gasteiger partial charge in [-0.3, -0.25) is 0 Å². The molecule has 0 amide bonds. The Morgan fingerprint density at radius 2 is 2.17 bits per heavy atom. The fraction of sp³-hybridized carbons (Fsp3) is 0.294. The molecule has 0 fully saturated rings. The molecule has 1 N–H and O–H groups in total. The first-order valence-electron chi connectivity index (χ1n) is 7.77. The van der Waals surface area contributed by atoms with E-state index < -0.39 is 6.10 Å². The van der Waals surface area contributed by atoms with Crippen LogP contribution in [0.15, 0.2) is 36.4 Å². The lowest BCUT2D eigenvalue weighted by Gasteiger charge is -2.12. The third kappa shape index (κ3) is 3.43. The van der Waals surface area contributed by atoms with Crippen molar-refractivity contribution in [1.29, 1.82) is 5.26 Å². The molecular weight excluding hydrogens is 304 g/mol. The smallest absolute Gasteiger partial charge is 0.184 e. The van der Waals surface area contributed by atoms with Crippen molar-refractivity contribution in [3.63, 3.8) is 0 Å². The number of rotatable bonds is 6. The van der Waals surface area contributed by atoms with E-state index >= 15 is 0 Å². The Labute approximate surface area is 139 Å². The topological polar surface area (TPSA) is 88.1 Å². The van der Waals surface area contributed by atoms with E-state index in [-0.39, 0.29) is 0 Å². The van der Waals surface area contributed by atoms with Gasteiger partial charge < -0.3 is 10.1 Å². The zero-order valence-electron chi connectivity index (χ0n) is 13.6. The Morgan fingerprint density at radius 3 is 2.96 bits per heavy atom. The van der Waals surface area contributed by atoms with E-state index in [1.54, 1.807) is 4.52 Å². The van der Waals surface area contributed by atoms with E-state index in [0.717, 1.165) is 22.9 Å². The van der Waals surface area contributed by atoms with E-state index in [4.69, 9.17) is 10.00 Å². The van der Waals surface area contributed by atoms with Crippen LogP contribution >= 0.6 is 0 Å². The van der Waals surface area contributed by atoms with Crippen LogP contribution in [0.4, 0.5) is 5.82 Å². The van der Waals surface area contributed by atoms with E-state index in [1.165, 1.54) is 0 Å². The average molecular weight is 322 g/mol. The zero-order chi connectivity index (χ0) is 16.9. The summed E-state index contributed by atoms with van der Waals surface area (Å²) in [4.78, 5) is 0. The van der Waals surface area contributed by atoms with E-state index in [9.17, 15) is 0 Å². The van der Waals surface area contributed by atoms with Crippen LogP contribution in [-0.4, -0.2) is 25.9 Å². The summed E-state index contributed by atoms with van der Waals surface area (Å²) >= 11 is 0. The number of hydrogen-bond acceptors (Lipinski definition) is 6. The van der Waals surface area contributed by atoms with Gasteiger partial charge in [0.1, 0.15) is 17.6 Å². The van der Waals surface area contributed by atoms with Crippen molar-refractivity contribution in [1.82, 2.24) is 19.8 Å². The second-order valence-electron chi connectivity index (χ2n) is 5.38. The third-order valence-electron chi connectivity index (χ3n) is 3.58. The van der Waals surface area contributed by atoms with Crippen molar-refractivity contribution in [3.05, 3.63) is 47.8 Å². The molecule has 0 saturated heterocycles. The zero-order valence-corrected chi connectivity index (χ0v) is 13.6. The number of hydrogen-bond donors (Lipinski definition) is 1. The van der Waals surface area contributed by atoms with E-state index in [0.29, 0.717) is 18.7 Å². The lowest BCUT2D eigenvalue weighted by atomic mass is 10.2. The number of nitrogens with one attached hydrogen (secondary N) is 1. The van der Waals surface area contributed by atoms with Gasteiger partial charge >= 0.3 is 0 Å². The predicted octanol–water partition coefficient (Wildman–Crippen LogP) is 2.73. The molecule has 7 heteroatoms. The van der Waals surface area contributed by atoms with Crippen molar-refractivity contribution in [2.75, 3.05) is 5.32 Å². The van der Waals surface area contributed by atoms with Crippen molar-refractivity contribution >= 4 is 11.5 Å². The van der Waals surface area contributed by atoms with Crippen LogP contribution in [0, 0.1) is 18.3 Å². The predicted molar refractivity (Wildman–Crippen MR) is 89.6 cm³/mol. The molecule has 0 aliphatic carbocycles. The molecular formula is C17H18N6O. The van der Waals surface area contributed by atoms with Gasteiger partial charge in [-0.05, 0) is 43.2 Å². The summed E-state index contributed by atoms with van der Waals surface area (Å²) in [5.41, 5.74) is 1.76. The molecule has 7 nitrogen and oxygen atoms in total. The number of anilines is 1. The minimum atomic E-state index is -0.422. The maximum Gasteiger partial charge on any atom is 0.184 e. The van der Waals surface area contributed by atoms with Crippen LogP contribution in [0.25, 0.3) is 5.65 Å². The number of nitrogens with zero attached hydrogens (tertiary/aromatic N) is 5. The SMILES string of the molecule is CCC(C#N)Oc1cccc(CNc2ccc3nnc(C)n3n2)c1. The summed E-state index contributed by atoms with van der Waals surface area (Å²) in [5.74, 6) is 2.17. The van der Waals surface area contributed by atoms with Crippen LogP contribution in [-0.2, 0) is 6.54 Å². The van der Waals surface area contributed by atoms with Crippen LogP contribution in [0.5, 0.6) is 5.75 Å². The van der Waals surface area contributed by atoms with E-state index in [2.05, 4.69) is 26.7 Å². The average Bonchev–Trinajstić information content (AvgIpc) is 2.99. The third-order valence-corrected chi connectivity index (χ3v) is 3.58. The number of fused-ring (bicyclic) bond motifs is 1. The molecule has 24 heavy (non-hydrogen) atoms. The normalized spacial score (nSPS) is 11.9. The number of nitriles is 1. The first-order valence-corrected chi connectivity index (χ1v) is 7.77.